The molecule has 0 aliphatic carbocycles. The van der Waals surface area contributed by atoms with Crippen molar-refractivity contribution in [2.45, 2.75) is 4.90 Å². The third-order valence-corrected chi connectivity index (χ3v) is 3.86. The lowest BCUT2D eigenvalue weighted by Crippen LogP contribution is -2.13. The van der Waals surface area contributed by atoms with Crippen LogP contribution in [0.25, 0.3) is 0 Å². The van der Waals surface area contributed by atoms with Crippen molar-refractivity contribution in [1.82, 2.24) is 0 Å². The van der Waals surface area contributed by atoms with Gasteiger partial charge in [0.05, 0.1) is 37.9 Å². The van der Waals surface area contributed by atoms with Crippen molar-refractivity contribution in [1.29, 1.82) is 0 Å². The Morgan fingerprint density at radius 3 is 2.11 bits per heavy atom. The van der Waals surface area contributed by atoms with E-state index in [4.69, 9.17) is 13.7 Å². The maximum atomic E-state index is 11.7. The lowest BCUT2D eigenvalue weighted by molar-refractivity contribution is 0.0425. The first-order valence-corrected chi connectivity index (χ1v) is 8.76. The van der Waals surface area contributed by atoms with Gasteiger partial charge >= 0.3 is 0 Å². The Balaban J connectivity index is 2.15. The van der Waals surface area contributed by atoms with Crippen molar-refractivity contribution in [3.8, 4) is 0 Å². The summed E-state index contributed by atoms with van der Waals surface area (Å²) >= 11 is 2.22. The molecule has 0 fully saturated rings. The molecule has 0 spiro atoms. The van der Waals surface area contributed by atoms with Crippen LogP contribution < -0.4 is 0 Å². The number of halogens is 1. The van der Waals surface area contributed by atoms with Gasteiger partial charge in [0, 0.05) is 4.43 Å². The van der Waals surface area contributed by atoms with Crippen LogP contribution in [0.1, 0.15) is 0 Å². The van der Waals surface area contributed by atoms with Crippen molar-refractivity contribution in [2.75, 3.05) is 37.5 Å². The molecule has 0 N–H and O–H groups in total. The summed E-state index contributed by atoms with van der Waals surface area (Å²) in [5.74, 6) is 0. The fraction of sp³-hybridized carbons (Fsp3) is 0.500. The zero-order valence-electron chi connectivity index (χ0n) is 10.5. The summed E-state index contributed by atoms with van der Waals surface area (Å²) in [5.41, 5.74) is 0. The lowest BCUT2D eigenvalue weighted by Gasteiger charge is -2.06. The van der Waals surface area contributed by atoms with Gasteiger partial charge in [0.15, 0.2) is 0 Å². The van der Waals surface area contributed by atoms with E-state index in [9.17, 15) is 8.42 Å². The minimum absolute atomic E-state index is 0.00348. The third-order valence-electron chi connectivity index (χ3n) is 2.09. The molecule has 1 aromatic rings. The minimum Gasteiger partial charge on any atom is -0.378 e. The molecule has 5 nitrogen and oxygen atoms in total. The zero-order valence-corrected chi connectivity index (χ0v) is 13.4. The highest BCUT2D eigenvalue weighted by Crippen LogP contribution is 2.10. The average Bonchev–Trinajstić information content (AvgIpc) is 2.43. The van der Waals surface area contributed by atoms with Gasteiger partial charge in [0.25, 0.3) is 10.1 Å². The topological polar surface area (TPSA) is 61.8 Å². The van der Waals surface area contributed by atoms with Crippen LogP contribution >= 0.6 is 22.6 Å². The van der Waals surface area contributed by atoms with E-state index in [1.54, 1.807) is 18.2 Å². The SMILES string of the molecule is O=S(=O)(OCCOCCOCCI)c1ccccc1. The van der Waals surface area contributed by atoms with Gasteiger partial charge in [0.1, 0.15) is 0 Å². The van der Waals surface area contributed by atoms with Crippen molar-refractivity contribution in [2.24, 2.45) is 0 Å². The Kier molecular flexibility index (Phi) is 8.55. The first kappa shape index (κ1) is 16.8. The normalized spacial score (nSPS) is 11.6. The Hall–Kier alpha value is -0.220. The predicted molar refractivity (Wildman–Crippen MR) is 80.1 cm³/mol. The summed E-state index contributed by atoms with van der Waals surface area (Å²) in [6, 6.07) is 8.04. The lowest BCUT2D eigenvalue weighted by atomic mass is 10.4. The molecule has 1 rings (SSSR count). The van der Waals surface area contributed by atoms with Crippen molar-refractivity contribution < 1.29 is 22.1 Å². The maximum absolute atomic E-state index is 11.7. The van der Waals surface area contributed by atoms with E-state index in [2.05, 4.69) is 22.6 Å². The largest absolute Gasteiger partial charge is 0.378 e. The molecule has 0 unspecified atom stereocenters. The first-order chi connectivity index (χ1) is 9.17. The zero-order chi connectivity index (χ0) is 14.0. The molecule has 0 aliphatic heterocycles. The van der Waals surface area contributed by atoms with E-state index in [-0.39, 0.29) is 18.1 Å². The summed E-state index contributed by atoms with van der Waals surface area (Å²) in [6.45, 7) is 1.87. The molecule has 19 heavy (non-hydrogen) atoms. The monoisotopic (exact) mass is 400 g/mol. The van der Waals surface area contributed by atoms with Gasteiger partial charge in [0.2, 0.25) is 0 Å². The fourth-order valence-electron chi connectivity index (χ4n) is 1.23. The van der Waals surface area contributed by atoms with E-state index in [1.165, 1.54) is 12.1 Å². The summed E-state index contributed by atoms with van der Waals surface area (Å²) in [6.07, 6.45) is 0. The van der Waals surface area contributed by atoms with Crippen LogP contribution in [0, 0.1) is 0 Å². The van der Waals surface area contributed by atoms with Gasteiger partial charge < -0.3 is 9.47 Å². The molecule has 0 radical (unpaired) electrons. The third kappa shape index (κ3) is 7.21. The summed E-state index contributed by atoms with van der Waals surface area (Å²) < 4.78 is 39.6. The van der Waals surface area contributed by atoms with E-state index in [0.29, 0.717) is 19.8 Å². The van der Waals surface area contributed by atoms with E-state index >= 15 is 0 Å². The predicted octanol–water partition coefficient (Wildman–Crippen LogP) is 1.86. The van der Waals surface area contributed by atoms with E-state index < -0.39 is 10.1 Å². The van der Waals surface area contributed by atoms with Crippen LogP contribution in [0.5, 0.6) is 0 Å². The molecule has 1 aromatic carbocycles. The number of hydrogen-bond donors (Lipinski definition) is 0. The summed E-state index contributed by atoms with van der Waals surface area (Å²) in [7, 11) is -3.67. The molecule has 0 atom stereocenters. The number of alkyl halides is 1. The van der Waals surface area contributed by atoms with Gasteiger partial charge in [-0.1, -0.05) is 40.8 Å². The quantitative estimate of drug-likeness (QED) is 0.260. The summed E-state index contributed by atoms with van der Waals surface area (Å²) in [4.78, 5) is 0.153. The molecule has 0 heterocycles. The van der Waals surface area contributed by atoms with Gasteiger partial charge in [-0.15, -0.1) is 0 Å². The Labute approximate surface area is 127 Å². The van der Waals surface area contributed by atoms with Crippen LogP contribution in [0.2, 0.25) is 0 Å². The van der Waals surface area contributed by atoms with Crippen molar-refractivity contribution in [3.05, 3.63) is 30.3 Å². The second-order valence-electron chi connectivity index (χ2n) is 3.50. The number of ether oxygens (including phenoxy) is 2. The highest BCUT2D eigenvalue weighted by Gasteiger charge is 2.13. The van der Waals surface area contributed by atoms with E-state index in [1.807, 2.05) is 0 Å². The van der Waals surface area contributed by atoms with Crippen LogP contribution in [0.15, 0.2) is 35.2 Å². The Morgan fingerprint density at radius 1 is 0.895 bits per heavy atom. The Bertz CT molecular complexity index is 435. The highest BCUT2D eigenvalue weighted by molar-refractivity contribution is 14.1. The van der Waals surface area contributed by atoms with Crippen molar-refractivity contribution >= 4 is 32.7 Å². The minimum atomic E-state index is -3.67. The van der Waals surface area contributed by atoms with Gasteiger partial charge in [-0.2, -0.15) is 8.42 Å². The van der Waals surface area contributed by atoms with Gasteiger partial charge in [-0.3, -0.25) is 4.18 Å². The molecule has 108 valence electrons. The summed E-state index contributed by atoms with van der Waals surface area (Å²) in [5, 5.41) is 0. The van der Waals surface area contributed by atoms with Crippen molar-refractivity contribution in [3.63, 3.8) is 0 Å². The van der Waals surface area contributed by atoms with E-state index in [0.717, 1.165) is 4.43 Å². The molecular formula is C12H17IO5S. The fourth-order valence-corrected chi connectivity index (χ4v) is 2.46. The number of benzene rings is 1. The molecule has 0 saturated carbocycles. The van der Waals surface area contributed by atoms with Crippen LogP contribution in [0.3, 0.4) is 0 Å². The molecule has 0 bridgehead atoms. The van der Waals surface area contributed by atoms with Crippen LogP contribution in [0.4, 0.5) is 0 Å². The molecule has 0 aliphatic rings. The standard InChI is InChI=1S/C12H17IO5S/c13-6-7-16-8-9-17-10-11-18-19(14,15)12-4-2-1-3-5-12/h1-5H,6-11H2. The molecule has 0 saturated heterocycles. The second-order valence-corrected chi connectivity index (χ2v) is 6.20. The molecule has 0 amide bonds. The average molecular weight is 400 g/mol. The first-order valence-electron chi connectivity index (χ1n) is 5.83. The number of hydrogen-bond acceptors (Lipinski definition) is 5. The van der Waals surface area contributed by atoms with Crippen LogP contribution in [-0.2, 0) is 23.8 Å². The number of rotatable bonds is 10. The molecular weight excluding hydrogens is 383 g/mol. The highest BCUT2D eigenvalue weighted by atomic mass is 127. The maximum Gasteiger partial charge on any atom is 0.297 e. The van der Waals surface area contributed by atoms with Crippen LogP contribution in [-0.4, -0.2) is 45.9 Å². The molecule has 7 heteroatoms. The second kappa shape index (κ2) is 9.65. The van der Waals surface area contributed by atoms with Gasteiger partial charge in [-0.05, 0) is 12.1 Å². The smallest absolute Gasteiger partial charge is 0.297 e. The Morgan fingerprint density at radius 2 is 1.47 bits per heavy atom. The van der Waals surface area contributed by atoms with Gasteiger partial charge in [-0.25, -0.2) is 0 Å². The molecule has 0 aromatic heterocycles.